The van der Waals surface area contributed by atoms with Gasteiger partial charge in [0.2, 0.25) is 0 Å². The molecule has 0 aliphatic rings. The summed E-state index contributed by atoms with van der Waals surface area (Å²) < 4.78 is 5.40. The predicted molar refractivity (Wildman–Crippen MR) is 98.1 cm³/mol. The van der Waals surface area contributed by atoms with E-state index >= 15 is 0 Å². The molecule has 0 spiro atoms. The first-order chi connectivity index (χ1) is 11.6. The van der Waals surface area contributed by atoms with Crippen molar-refractivity contribution < 1.29 is 19.4 Å². The minimum atomic E-state index is -1.11. The van der Waals surface area contributed by atoms with Crippen LogP contribution in [0.25, 0.3) is 0 Å². The van der Waals surface area contributed by atoms with E-state index in [1.165, 1.54) is 64.2 Å². The van der Waals surface area contributed by atoms with Crippen LogP contribution in [0.4, 0.5) is 0 Å². The van der Waals surface area contributed by atoms with Crippen LogP contribution < -0.4 is 0 Å². The third kappa shape index (κ3) is 15.8. The minimum Gasteiger partial charge on any atom is -0.481 e. The lowest BCUT2D eigenvalue weighted by Gasteiger charge is -2.17. The van der Waals surface area contributed by atoms with Gasteiger partial charge in [-0.15, -0.1) is 0 Å². The molecule has 0 atom stereocenters. The maximum Gasteiger partial charge on any atom is 0.317 e. The summed E-state index contributed by atoms with van der Waals surface area (Å²) in [5.41, 5.74) is 0. The van der Waals surface area contributed by atoms with E-state index in [9.17, 15) is 9.59 Å². The number of esters is 1. The highest BCUT2D eigenvalue weighted by molar-refractivity contribution is 5.90. The van der Waals surface area contributed by atoms with Gasteiger partial charge in [-0.05, 0) is 25.7 Å². The molecule has 0 unspecified atom stereocenters. The third-order valence-corrected chi connectivity index (χ3v) is 4.35. The van der Waals surface area contributed by atoms with Crippen molar-refractivity contribution in [3.8, 4) is 0 Å². The molecule has 1 N–H and O–H groups in total. The number of ether oxygens (including phenoxy) is 1. The molecule has 0 aromatic rings. The lowest BCUT2D eigenvalue weighted by molar-refractivity contribution is -0.155. The van der Waals surface area contributed by atoms with Crippen molar-refractivity contribution in [1.29, 1.82) is 0 Å². The summed E-state index contributed by atoms with van der Waals surface area (Å²) in [6.07, 6.45) is 15.7. The fourth-order valence-corrected chi connectivity index (χ4v) is 2.92. The summed E-state index contributed by atoms with van der Waals surface area (Å²) in [5, 5.41) is 8.69. The third-order valence-electron chi connectivity index (χ3n) is 4.35. The van der Waals surface area contributed by atoms with Gasteiger partial charge in [-0.2, -0.15) is 0 Å². The Labute approximate surface area is 148 Å². The van der Waals surface area contributed by atoms with Gasteiger partial charge < -0.3 is 9.84 Å². The number of carboxylic acids is 1. The Morgan fingerprint density at radius 3 is 1.58 bits per heavy atom. The summed E-state index contributed by atoms with van der Waals surface area (Å²) in [6, 6.07) is 0. The molecule has 142 valence electrons. The fraction of sp³-hybridized carbons (Fsp3) is 0.900. The molecule has 0 amide bonds. The van der Waals surface area contributed by atoms with Gasteiger partial charge >= 0.3 is 11.9 Å². The first-order valence-electron chi connectivity index (χ1n) is 10.0. The molecule has 0 saturated heterocycles. The molecular weight excluding hydrogens is 304 g/mol. The molecule has 0 aliphatic carbocycles. The second kappa shape index (κ2) is 16.8. The van der Waals surface area contributed by atoms with E-state index in [0.717, 1.165) is 25.7 Å². The number of hydrogen-bond acceptors (Lipinski definition) is 3. The normalized spacial score (nSPS) is 11.0. The van der Waals surface area contributed by atoms with Gasteiger partial charge in [0.05, 0.1) is 0 Å². The molecule has 0 bridgehead atoms. The van der Waals surface area contributed by atoms with Crippen molar-refractivity contribution in [3.63, 3.8) is 0 Å². The van der Waals surface area contributed by atoms with Crippen LogP contribution in [-0.2, 0) is 14.3 Å². The highest BCUT2D eigenvalue weighted by Gasteiger charge is 2.16. The van der Waals surface area contributed by atoms with Crippen molar-refractivity contribution in [2.75, 3.05) is 0 Å². The van der Waals surface area contributed by atoms with Gasteiger partial charge in [0.1, 0.15) is 12.5 Å². The highest BCUT2D eigenvalue weighted by atomic mass is 16.5. The lowest BCUT2D eigenvalue weighted by atomic mass is 10.0. The van der Waals surface area contributed by atoms with Gasteiger partial charge in [0, 0.05) is 0 Å². The predicted octanol–water partition coefficient (Wildman–Crippen LogP) is 5.87. The Bertz CT molecular complexity index is 299. The van der Waals surface area contributed by atoms with E-state index < -0.39 is 18.4 Å². The number of carbonyl (C=O) groups is 2. The van der Waals surface area contributed by atoms with Gasteiger partial charge in [-0.25, -0.2) is 0 Å². The van der Waals surface area contributed by atoms with Crippen molar-refractivity contribution >= 4 is 11.9 Å². The van der Waals surface area contributed by atoms with Crippen LogP contribution in [0, 0.1) is 0 Å². The molecule has 0 saturated carbocycles. The second-order valence-electron chi connectivity index (χ2n) is 6.80. The fourth-order valence-electron chi connectivity index (χ4n) is 2.92. The zero-order valence-electron chi connectivity index (χ0n) is 15.9. The molecular formula is C20H38O4. The monoisotopic (exact) mass is 342 g/mol. The Morgan fingerprint density at radius 1 is 0.750 bits per heavy atom. The topological polar surface area (TPSA) is 63.6 Å². The molecule has 4 heteroatoms. The molecule has 0 fully saturated rings. The smallest absolute Gasteiger partial charge is 0.317 e. The van der Waals surface area contributed by atoms with E-state index in [1.54, 1.807) is 0 Å². The van der Waals surface area contributed by atoms with E-state index in [-0.39, 0.29) is 6.10 Å². The maximum atomic E-state index is 11.6. The highest BCUT2D eigenvalue weighted by Crippen LogP contribution is 2.17. The zero-order valence-corrected chi connectivity index (χ0v) is 15.9. The van der Waals surface area contributed by atoms with Crippen molar-refractivity contribution in [3.05, 3.63) is 0 Å². The zero-order chi connectivity index (χ0) is 18.0. The second-order valence-corrected chi connectivity index (χ2v) is 6.80. The van der Waals surface area contributed by atoms with E-state index in [1.807, 2.05) is 0 Å². The number of aliphatic carboxylic acids is 1. The summed E-state index contributed by atoms with van der Waals surface area (Å²) in [7, 11) is 0. The molecule has 0 rings (SSSR count). The van der Waals surface area contributed by atoms with Crippen molar-refractivity contribution in [1.82, 2.24) is 0 Å². The number of rotatable bonds is 17. The van der Waals surface area contributed by atoms with Crippen molar-refractivity contribution in [2.24, 2.45) is 0 Å². The molecule has 0 aromatic heterocycles. The van der Waals surface area contributed by atoms with Crippen molar-refractivity contribution in [2.45, 2.75) is 116 Å². The van der Waals surface area contributed by atoms with E-state index in [0.29, 0.717) is 0 Å². The van der Waals surface area contributed by atoms with Crippen LogP contribution in [0.1, 0.15) is 110 Å². The number of carbonyl (C=O) groups excluding carboxylic acids is 1. The largest absolute Gasteiger partial charge is 0.481 e. The van der Waals surface area contributed by atoms with Crippen LogP contribution in [0.5, 0.6) is 0 Å². The van der Waals surface area contributed by atoms with Gasteiger partial charge in [0.25, 0.3) is 0 Å². The van der Waals surface area contributed by atoms with Crippen LogP contribution in [-0.4, -0.2) is 23.1 Å². The minimum absolute atomic E-state index is 0.103. The summed E-state index contributed by atoms with van der Waals surface area (Å²) in [4.78, 5) is 22.2. The summed E-state index contributed by atoms with van der Waals surface area (Å²) in [6.45, 7) is 4.41. The molecule has 0 heterocycles. The van der Waals surface area contributed by atoms with Crippen LogP contribution in [0.3, 0.4) is 0 Å². The number of carboxylic acid groups (broad SMARTS) is 1. The first kappa shape index (κ1) is 22.9. The number of unbranched alkanes of at least 4 members (excludes halogenated alkanes) is 10. The summed E-state index contributed by atoms with van der Waals surface area (Å²) >= 11 is 0. The summed E-state index contributed by atoms with van der Waals surface area (Å²) in [5.74, 6) is -1.71. The van der Waals surface area contributed by atoms with Gasteiger partial charge in [-0.1, -0.05) is 78.1 Å². The Kier molecular flexibility index (Phi) is 16.0. The standard InChI is InChI=1S/C20H38O4/c1-3-5-7-9-11-13-15-18(24-20(23)17-19(21)22)16-14-12-10-8-6-4-2/h18H,3-17H2,1-2H3,(H,21,22). The molecule has 24 heavy (non-hydrogen) atoms. The Hall–Kier alpha value is -1.06. The average Bonchev–Trinajstić information content (AvgIpc) is 2.52. The molecule has 0 aromatic carbocycles. The Morgan fingerprint density at radius 2 is 1.17 bits per heavy atom. The molecule has 4 nitrogen and oxygen atoms in total. The average molecular weight is 343 g/mol. The Balaban J connectivity index is 3.99. The quantitative estimate of drug-likeness (QED) is 0.204. The van der Waals surface area contributed by atoms with E-state index in [4.69, 9.17) is 9.84 Å². The van der Waals surface area contributed by atoms with Crippen LogP contribution in [0.15, 0.2) is 0 Å². The van der Waals surface area contributed by atoms with E-state index in [2.05, 4.69) is 13.8 Å². The maximum absolute atomic E-state index is 11.6. The number of hydrogen-bond donors (Lipinski definition) is 1. The molecule has 0 aliphatic heterocycles. The van der Waals surface area contributed by atoms with Gasteiger partial charge in [-0.3, -0.25) is 9.59 Å². The first-order valence-corrected chi connectivity index (χ1v) is 10.0. The SMILES string of the molecule is CCCCCCCCC(CCCCCCCC)OC(=O)CC(=O)O. The lowest BCUT2D eigenvalue weighted by Crippen LogP contribution is -2.20. The van der Waals surface area contributed by atoms with Crippen LogP contribution >= 0.6 is 0 Å². The van der Waals surface area contributed by atoms with Gasteiger partial charge in [0.15, 0.2) is 0 Å². The van der Waals surface area contributed by atoms with Crippen LogP contribution in [0.2, 0.25) is 0 Å². The molecule has 0 radical (unpaired) electrons.